The van der Waals surface area contributed by atoms with E-state index in [0.29, 0.717) is 10.3 Å². The second-order valence-electron chi connectivity index (χ2n) is 5.66. The highest BCUT2D eigenvalue weighted by atomic mass is 79.9. The van der Waals surface area contributed by atoms with Crippen molar-refractivity contribution >= 4 is 43.6 Å². The Morgan fingerprint density at radius 3 is 2.59 bits per heavy atom. The van der Waals surface area contributed by atoms with Crippen LogP contribution in [0.15, 0.2) is 45.9 Å². The highest BCUT2D eigenvalue weighted by Gasteiger charge is 2.25. The van der Waals surface area contributed by atoms with E-state index in [-0.39, 0.29) is 10.5 Å². The molecule has 1 heterocycles. The Kier molecular flexibility index (Phi) is 6.68. The Morgan fingerprint density at radius 1 is 1.26 bits per heavy atom. The lowest BCUT2D eigenvalue weighted by atomic mass is 10.2. The maximum Gasteiger partial charge on any atom is 0.339 e. The lowest BCUT2D eigenvalue weighted by molar-refractivity contribution is -0.116. The van der Waals surface area contributed by atoms with E-state index in [1.807, 2.05) is 6.92 Å². The molecule has 1 amide bonds. The summed E-state index contributed by atoms with van der Waals surface area (Å²) < 4.78 is 31.4. The molecule has 1 N–H and O–H groups in total. The number of rotatable bonds is 6. The Bertz CT molecular complexity index is 978. The number of hydrogen-bond donors (Lipinski definition) is 1. The van der Waals surface area contributed by atoms with Crippen LogP contribution in [0.1, 0.15) is 15.9 Å². The van der Waals surface area contributed by atoms with Crippen LogP contribution in [0.25, 0.3) is 0 Å². The molecule has 0 unspecified atom stereocenters. The molecule has 0 atom stereocenters. The number of esters is 1. The van der Waals surface area contributed by atoms with E-state index in [2.05, 4.69) is 31.0 Å². The molecule has 0 fully saturated rings. The SMILES string of the molecule is COC(=O)c1cc(S(=O)(=O)N(C)CC(=O)Nc2cc(C)ccn2)ccc1Br. The van der Waals surface area contributed by atoms with Crippen molar-refractivity contribution in [3.63, 3.8) is 0 Å². The number of halogens is 1. The highest BCUT2D eigenvalue weighted by Crippen LogP contribution is 2.23. The van der Waals surface area contributed by atoms with E-state index >= 15 is 0 Å². The third-order valence-corrected chi connectivity index (χ3v) is 6.09. The molecule has 0 radical (unpaired) electrons. The minimum atomic E-state index is -3.99. The van der Waals surface area contributed by atoms with Crippen LogP contribution in [-0.4, -0.2) is 50.3 Å². The van der Waals surface area contributed by atoms with E-state index in [0.717, 1.165) is 9.87 Å². The third-order valence-electron chi connectivity index (χ3n) is 3.60. The summed E-state index contributed by atoms with van der Waals surface area (Å²) in [5.74, 6) is -0.878. The van der Waals surface area contributed by atoms with Crippen LogP contribution in [0.2, 0.25) is 0 Å². The summed E-state index contributed by atoms with van der Waals surface area (Å²) in [6.07, 6.45) is 1.54. The van der Waals surface area contributed by atoms with Crippen LogP contribution >= 0.6 is 15.9 Å². The summed E-state index contributed by atoms with van der Waals surface area (Å²) in [6, 6.07) is 7.41. The first-order valence-electron chi connectivity index (χ1n) is 7.72. The number of anilines is 1. The van der Waals surface area contributed by atoms with Crippen molar-refractivity contribution < 1.29 is 22.7 Å². The Morgan fingerprint density at radius 2 is 1.96 bits per heavy atom. The van der Waals surface area contributed by atoms with Gasteiger partial charge in [-0.1, -0.05) is 0 Å². The van der Waals surface area contributed by atoms with Crippen LogP contribution in [0, 0.1) is 6.92 Å². The Balaban J connectivity index is 2.18. The number of pyridine rings is 1. The number of methoxy groups -OCH3 is 1. The number of hydrogen-bond acceptors (Lipinski definition) is 6. The van der Waals surface area contributed by atoms with Crippen molar-refractivity contribution in [1.82, 2.24) is 9.29 Å². The third kappa shape index (κ3) is 5.12. The molecule has 1 aromatic heterocycles. The molecule has 1 aromatic carbocycles. The first-order chi connectivity index (χ1) is 12.6. The molecule has 144 valence electrons. The fourth-order valence-corrected chi connectivity index (χ4v) is 3.75. The van der Waals surface area contributed by atoms with Gasteiger partial charge in [0.15, 0.2) is 0 Å². The van der Waals surface area contributed by atoms with E-state index < -0.39 is 28.4 Å². The predicted octanol–water partition coefficient (Wildman–Crippen LogP) is 2.20. The van der Waals surface area contributed by atoms with Gasteiger partial charge in [-0.05, 0) is 58.7 Å². The van der Waals surface area contributed by atoms with Gasteiger partial charge in [-0.2, -0.15) is 4.31 Å². The van der Waals surface area contributed by atoms with Crippen molar-refractivity contribution in [3.8, 4) is 0 Å². The number of carbonyl (C=O) groups excluding carboxylic acids is 2. The van der Waals surface area contributed by atoms with Gasteiger partial charge in [0.1, 0.15) is 5.82 Å². The lowest BCUT2D eigenvalue weighted by Gasteiger charge is -2.17. The van der Waals surface area contributed by atoms with E-state index in [1.54, 1.807) is 18.3 Å². The number of ether oxygens (including phenoxy) is 1. The Hall–Kier alpha value is -2.30. The summed E-state index contributed by atoms with van der Waals surface area (Å²) in [5.41, 5.74) is 0.979. The molecule has 0 saturated heterocycles. The maximum atomic E-state index is 12.7. The van der Waals surface area contributed by atoms with Gasteiger partial charge in [-0.3, -0.25) is 4.79 Å². The number of benzene rings is 1. The largest absolute Gasteiger partial charge is 0.465 e. The number of sulfonamides is 1. The summed E-state index contributed by atoms with van der Waals surface area (Å²) in [6.45, 7) is 1.43. The normalized spacial score (nSPS) is 11.3. The highest BCUT2D eigenvalue weighted by molar-refractivity contribution is 9.10. The Labute approximate surface area is 165 Å². The minimum absolute atomic E-state index is 0.0698. The van der Waals surface area contributed by atoms with Crippen molar-refractivity contribution in [3.05, 3.63) is 52.1 Å². The molecule has 0 aliphatic carbocycles. The topological polar surface area (TPSA) is 106 Å². The van der Waals surface area contributed by atoms with Gasteiger partial charge < -0.3 is 10.1 Å². The van der Waals surface area contributed by atoms with Crippen LogP contribution in [-0.2, 0) is 19.6 Å². The van der Waals surface area contributed by atoms with E-state index in [4.69, 9.17) is 0 Å². The molecular formula is C17H18BrN3O5S. The molecule has 0 aliphatic rings. The monoisotopic (exact) mass is 455 g/mol. The molecule has 10 heteroatoms. The van der Waals surface area contributed by atoms with Crippen molar-refractivity contribution in [2.24, 2.45) is 0 Å². The molecule has 0 bridgehead atoms. The molecule has 27 heavy (non-hydrogen) atoms. The minimum Gasteiger partial charge on any atom is -0.465 e. The lowest BCUT2D eigenvalue weighted by Crippen LogP contribution is -2.35. The second kappa shape index (κ2) is 8.59. The van der Waals surface area contributed by atoms with Crippen molar-refractivity contribution in [1.29, 1.82) is 0 Å². The van der Waals surface area contributed by atoms with Crippen LogP contribution in [0.5, 0.6) is 0 Å². The molecule has 0 spiro atoms. The zero-order valence-electron chi connectivity index (χ0n) is 14.9. The van der Waals surface area contributed by atoms with Crippen LogP contribution in [0.4, 0.5) is 5.82 Å². The fourth-order valence-electron chi connectivity index (χ4n) is 2.19. The van der Waals surface area contributed by atoms with E-state index in [1.165, 1.54) is 32.4 Å². The summed E-state index contributed by atoms with van der Waals surface area (Å²) in [4.78, 5) is 27.8. The number of carbonyl (C=O) groups is 2. The average Bonchev–Trinajstić information content (AvgIpc) is 2.61. The first kappa shape index (κ1) is 21.0. The molecule has 2 aromatic rings. The number of amides is 1. The van der Waals surface area contributed by atoms with Gasteiger partial charge in [-0.15, -0.1) is 0 Å². The zero-order valence-corrected chi connectivity index (χ0v) is 17.3. The van der Waals surface area contributed by atoms with Gasteiger partial charge in [0, 0.05) is 17.7 Å². The maximum absolute atomic E-state index is 12.7. The number of aromatic nitrogens is 1. The zero-order chi connectivity index (χ0) is 20.2. The molecule has 8 nitrogen and oxygen atoms in total. The van der Waals surface area contributed by atoms with Gasteiger partial charge in [0.05, 0.1) is 24.1 Å². The number of nitrogens with one attached hydrogen (secondary N) is 1. The fraction of sp³-hybridized carbons (Fsp3) is 0.235. The second-order valence-corrected chi connectivity index (χ2v) is 8.56. The standard InChI is InChI=1S/C17H18BrN3O5S/c1-11-6-7-19-15(8-11)20-16(22)10-21(2)27(24,25)12-4-5-14(18)13(9-12)17(23)26-3/h4-9H,10H2,1-3H3,(H,19,20,22). The summed E-state index contributed by atoms with van der Waals surface area (Å²) in [5, 5.41) is 2.55. The number of aryl methyl sites for hydroxylation is 1. The van der Waals surface area contributed by atoms with Crippen LogP contribution < -0.4 is 5.32 Å². The smallest absolute Gasteiger partial charge is 0.339 e. The van der Waals surface area contributed by atoms with Gasteiger partial charge >= 0.3 is 5.97 Å². The molecule has 0 saturated carbocycles. The predicted molar refractivity (Wildman–Crippen MR) is 103 cm³/mol. The van der Waals surface area contributed by atoms with Gasteiger partial charge in [-0.25, -0.2) is 18.2 Å². The molecule has 0 aliphatic heterocycles. The number of likely N-dealkylation sites (N-methyl/N-ethyl adjacent to an activating group) is 1. The molecule has 2 rings (SSSR count). The van der Waals surface area contributed by atoms with E-state index in [9.17, 15) is 18.0 Å². The van der Waals surface area contributed by atoms with Crippen molar-refractivity contribution in [2.45, 2.75) is 11.8 Å². The van der Waals surface area contributed by atoms with Gasteiger partial charge in [0.2, 0.25) is 15.9 Å². The van der Waals surface area contributed by atoms with Crippen LogP contribution in [0.3, 0.4) is 0 Å². The molecular weight excluding hydrogens is 438 g/mol. The number of nitrogens with zero attached hydrogens (tertiary/aromatic N) is 2. The first-order valence-corrected chi connectivity index (χ1v) is 9.95. The van der Waals surface area contributed by atoms with Crippen molar-refractivity contribution in [2.75, 3.05) is 26.0 Å². The average molecular weight is 456 g/mol. The van der Waals surface area contributed by atoms with Gasteiger partial charge in [0.25, 0.3) is 0 Å². The summed E-state index contributed by atoms with van der Waals surface area (Å²) in [7, 11) is -1.52. The quantitative estimate of drug-likeness (QED) is 0.669. The summed E-state index contributed by atoms with van der Waals surface area (Å²) >= 11 is 3.18.